The Morgan fingerprint density at radius 2 is 2.00 bits per heavy atom. The first-order valence-electron chi connectivity index (χ1n) is 7.72. The van der Waals surface area contributed by atoms with Crippen molar-refractivity contribution in [3.8, 4) is 0 Å². The third-order valence-corrected chi connectivity index (χ3v) is 7.40. The Morgan fingerprint density at radius 1 is 1.24 bits per heavy atom. The number of carbonyl (C=O) groups excluding carboxylic acids is 1. The molecule has 3 unspecified atom stereocenters. The molecule has 1 aliphatic carbocycles. The van der Waals surface area contributed by atoms with E-state index in [-0.39, 0.29) is 39.2 Å². The molecule has 0 amide bonds. The van der Waals surface area contributed by atoms with E-state index in [1.807, 2.05) is 32.0 Å². The Hall–Kier alpha value is -0.831. The summed E-state index contributed by atoms with van der Waals surface area (Å²) in [5.41, 5.74) is 0. The van der Waals surface area contributed by atoms with Crippen molar-refractivity contribution in [1.82, 2.24) is 0 Å². The molecule has 1 saturated carbocycles. The van der Waals surface area contributed by atoms with Gasteiger partial charge in [-0.3, -0.25) is 0 Å². The van der Waals surface area contributed by atoms with Crippen molar-refractivity contribution in [2.24, 2.45) is 5.92 Å². The van der Waals surface area contributed by atoms with E-state index in [0.717, 1.165) is 25.7 Å². The van der Waals surface area contributed by atoms with Crippen molar-refractivity contribution in [3.05, 3.63) is 30.3 Å². The summed E-state index contributed by atoms with van der Waals surface area (Å²) in [4.78, 5) is 12.8. The van der Waals surface area contributed by atoms with Crippen LogP contribution in [0.3, 0.4) is 0 Å². The van der Waals surface area contributed by atoms with Crippen molar-refractivity contribution in [2.45, 2.75) is 56.2 Å². The summed E-state index contributed by atoms with van der Waals surface area (Å²) in [7, 11) is 0. The van der Waals surface area contributed by atoms with Gasteiger partial charge in [0.05, 0.1) is 0 Å². The molecular formula is C17H22O3Se. The van der Waals surface area contributed by atoms with E-state index in [1.54, 1.807) is 0 Å². The predicted molar refractivity (Wildman–Crippen MR) is 82.6 cm³/mol. The van der Waals surface area contributed by atoms with Crippen LogP contribution in [0.1, 0.15) is 39.5 Å². The molecule has 1 aromatic carbocycles. The van der Waals surface area contributed by atoms with Crippen LogP contribution in [-0.2, 0) is 14.3 Å². The van der Waals surface area contributed by atoms with Crippen molar-refractivity contribution in [2.75, 3.05) is 0 Å². The van der Waals surface area contributed by atoms with Crippen molar-refractivity contribution < 1.29 is 14.3 Å². The quantitative estimate of drug-likeness (QED) is 0.619. The first kappa shape index (κ1) is 15.1. The molecule has 1 aromatic rings. The molecule has 2 fully saturated rings. The summed E-state index contributed by atoms with van der Waals surface area (Å²) in [6, 6.07) is 10.3. The number of rotatable bonds is 3. The minimum atomic E-state index is -0.419. The molecule has 0 aromatic heterocycles. The first-order chi connectivity index (χ1) is 10.1. The van der Waals surface area contributed by atoms with Crippen LogP contribution in [0, 0.1) is 5.92 Å². The van der Waals surface area contributed by atoms with Crippen LogP contribution in [0.2, 0.25) is 4.31 Å². The van der Waals surface area contributed by atoms with Gasteiger partial charge in [0.15, 0.2) is 0 Å². The SMILES string of the molecule is CC(C)C1OC(=O)C2([Se]c3ccccc3)CCCCC2O1. The van der Waals surface area contributed by atoms with Gasteiger partial charge in [0, 0.05) is 0 Å². The molecule has 0 N–H and O–H groups in total. The van der Waals surface area contributed by atoms with Gasteiger partial charge in [0.25, 0.3) is 0 Å². The van der Waals surface area contributed by atoms with Gasteiger partial charge in [-0.25, -0.2) is 0 Å². The molecule has 2 aliphatic rings. The van der Waals surface area contributed by atoms with Crippen molar-refractivity contribution in [3.63, 3.8) is 0 Å². The monoisotopic (exact) mass is 354 g/mol. The summed E-state index contributed by atoms with van der Waals surface area (Å²) < 4.78 is 12.6. The number of benzene rings is 1. The van der Waals surface area contributed by atoms with E-state index in [9.17, 15) is 4.79 Å². The molecule has 4 heteroatoms. The van der Waals surface area contributed by atoms with Crippen molar-refractivity contribution in [1.29, 1.82) is 0 Å². The van der Waals surface area contributed by atoms with Gasteiger partial charge >= 0.3 is 132 Å². The van der Waals surface area contributed by atoms with Crippen LogP contribution >= 0.6 is 0 Å². The van der Waals surface area contributed by atoms with Gasteiger partial charge in [0.1, 0.15) is 0 Å². The molecule has 21 heavy (non-hydrogen) atoms. The number of fused-ring (bicyclic) bond motifs is 1. The van der Waals surface area contributed by atoms with Crippen molar-refractivity contribution >= 4 is 25.4 Å². The fourth-order valence-corrected chi connectivity index (χ4v) is 6.00. The third-order valence-electron chi connectivity index (χ3n) is 4.24. The zero-order chi connectivity index (χ0) is 14.9. The van der Waals surface area contributed by atoms with Crippen LogP contribution in [0.5, 0.6) is 0 Å². The molecule has 3 atom stereocenters. The third kappa shape index (κ3) is 2.90. The number of ether oxygens (including phenoxy) is 2. The number of hydrogen-bond donors (Lipinski definition) is 0. The Bertz CT molecular complexity index is 502. The van der Waals surface area contributed by atoms with Crippen LogP contribution in [0.25, 0.3) is 0 Å². The number of carbonyl (C=O) groups is 1. The number of hydrogen-bond acceptors (Lipinski definition) is 3. The van der Waals surface area contributed by atoms with Crippen LogP contribution in [-0.4, -0.2) is 33.3 Å². The molecule has 0 radical (unpaired) electrons. The van der Waals surface area contributed by atoms with Gasteiger partial charge < -0.3 is 0 Å². The second-order valence-electron chi connectivity index (χ2n) is 6.19. The summed E-state index contributed by atoms with van der Waals surface area (Å²) in [5, 5.41) is 0. The molecule has 0 bridgehead atoms. The Kier molecular flexibility index (Phi) is 4.39. The normalized spacial score (nSPS) is 32.6. The zero-order valence-corrected chi connectivity index (χ0v) is 14.3. The molecule has 1 aliphatic heterocycles. The fraction of sp³-hybridized carbons (Fsp3) is 0.588. The predicted octanol–water partition coefficient (Wildman–Crippen LogP) is 2.67. The maximum atomic E-state index is 12.8. The summed E-state index contributed by atoms with van der Waals surface area (Å²) in [6.07, 6.45) is 3.77. The Balaban J connectivity index is 1.87. The molecule has 0 spiro atoms. The van der Waals surface area contributed by atoms with Gasteiger partial charge in [-0.15, -0.1) is 0 Å². The molecule has 1 heterocycles. The summed E-state index contributed by atoms with van der Waals surface area (Å²) >= 11 is 0.0539. The van der Waals surface area contributed by atoms with E-state index in [2.05, 4.69) is 12.1 Å². The molecule has 114 valence electrons. The summed E-state index contributed by atoms with van der Waals surface area (Å²) in [6.45, 7) is 4.08. The second kappa shape index (κ2) is 6.12. The van der Waals surface area contributed by atoms with E-state index in [0.29, 0.717) is 0 Å². The van der Waals surface area contributed by atoms with Crippen LogP contribution in [0.15, 0.2) is 30.3 Å². The Labute approximate surface area is 132 Å². The Morgan fingerprint density at radius 3 is 2.71 bits per heavy atom. The van der Waals surface area contributed by atoms with E-state index >= 15 is 0 Å². The van der Waals surface area contributed by atoms with E-state index in [4.69, 9.17) is 9.47 Å². The average Bonchev–Trinajstić information content (AvgIpc) is 2.49. The van der Waals surface area contributed by atoms with Crippen LogP contribution < -0.4 is 4.46 Å². The average molecular weight is 353 g/mol. The minimum absolute atomic E-state index is 0.0268. The van der Waals surface area contributed by atoms with E-state index in [1.165, 1.54) is 4.46 Å². The standard InChI is InChI=1S/C17H22O3Se/c1-12(2)15-19-14-10-6-7-11-17(14,16(18)20-15)21-13-8-4-3-5-9-13/h3-5,8-9,12,14-15H,6-7,10-11H2,1-2H3. The molecule has 3 nitrogen and oxygen atoms in total. The van der Waals surface area contributed by atoms with E-state index < -0.39 is 4.31 Å². The number of esters is 1. The molecular weight excluding hydrogens is 331 g/mol. The number of cyclic esters (lactones) is 1. The molecule has 3 rings (SSSR count). The van der Waals surface area contributed by atoms with Gasteiger partial charge in [-0.05, 0) is 0 Å². The van der Waals surface area contributed by atoms with Gasteiger partial charge in [-0.1, -0.05) is 0 Å². The maximum absolute atomic E-state index is 12.8. The molecule has 1 saturated heterocycles. The van der Waals surface area contributed by atoms with Gasteiger partial charge in [-0.2, -0.15) is 0 Å². The second-order valence-corrected chi connectivity index (χ2v) is 9.14. The fourth-order valence-electron chi connectivity index (χ4n) is 3.07. The zero-order valence-electron chi connectivity index (χ0n) is 12.6. The summed E-state index contributed by atoms with van der Waals surface area (Å²) in [5.74, 6) is 0.180. The van der Waals surface area contributed by atoms with Gasteiger partial charge in [0.2, 0.25) is 0 Å². The first-order valence-corrected chi connectivity index (χ1v) is 9.44. The van der Waals surface area contributed by atoms with Crippen LogP contribution in [0.4, 0.5) is 0 Å². The topological polar surface area (TPSA) is 35.5 Å².